The van der Waals surface area contributed by atoms with Crippen LogP contribution in [0.5, 0.6) is 0 Å². The van der Waals surface area contributed by atoms with Crippen LogP contribution in [0.4, 0.5) is 0 Å². The highest BCUT2D eigenvalue weighted by molar-refractivity contribution is 5.45. The zero-order valence-electron chi connectivity index (χ0n) is 11.7. The maximum atomic E-state index is 6.23. The molecule has 0 spiro atoms. The highest BCUT2D eigenvalue weighted by Crippen LogP contribution is 2.25. The third-order valence-corrected chi connectivity index (χ3v) is 3.54. The van der Waals surface area contributed by atoms with Gasteiger partial charge in [-0.05, 0) is 32.3 Å². The molecule has 0 amide bonds. The Hall–Kier alpha value is -1.73. The van der Waals surface area contributed by atoms with E-state index in [2.05, 4.69) is 15.2 Å². The van der Waals surface area contributed by atoms with Gasteiger partial charge in [0.25, 0.3) is 5.89 Å². The first-order chi connectivity index (χ1) is 9.54. The molecule has 0 bridgehead atoms. The quantitative estimate of drug-likeness (QED) is 0.883. The Kier molecular flexibility index (Phi) is 3.31. The molecule has 1 aliphatic rings. The van der Waals surface area contributed by atoms with Crippen molar-refractivity contribution in [2.45, 2.75) is 37.8 Å². The Balaban J connectivity index is 1.71. The Morgan fingerprint density at radius 3 is 2.95 bits per heavy atom. The van der Waals surface area contributed by atoms with Gasteiger partial charge < -0.3 is 15.0 Å². The van der Waals surface area contributed by atoms with Gasteiger partial charge in [-0.3, -0.25) is 4.68 Å². The van der Waals surface area contributed by atoms with E-state index in [1.807, 2.05) is 26.2 Å². The van der Waals surface area contributed by atoms with E-state index in [1.54, 1.807) is 4.68 Å². The van der Waals surface area contributed by atoms with Crippen molar-refractivity contribution >= 4 is 0 Å². The smallest absolute Gasteiger partial charge is 0.278 e. The summed E-state index contributed by atoms with van der Waals surface area (Å²) in [5.74, 6) is 0.818. The van der Waals surface area contributed by atoms with E-state index < -0.39 is 5.54 Å². The molecule has 2 aromatic heterocycles. The van der Waals surface area contributed by atoms with E-state index >= 15 is 0 Å². The van der Waals surface area contributed by atoms with Gasteiger partial charge in [-0.2, -0.15) is 10.1 Å². The van der Waals surface area contributed by atoms with Crippen LogP contribution in [0.2, 0.25) is 0 Å². The molecular weight excluding hydrogens is 258 g/mol. The fraction of sp³-hybridized carbons (Fsp3) is 0.615. The van der Waals surface area contributed by atoms with Crippen molar-refractivity contribution in [2.75, 3.05) is 6.61 Å². The summed E-state index contributed by atoms with van der Waals surface area (Å²) < 4.78 is 12.7. The van der Waals surface area contributed by atoms with Crippen molar-refractivity contribution < 1.29 is 9.26 Å². The fourth-order valence-corrected chi connectivity index (χ4v) is 1.98. The lowest BCUT2D eigenvalue weighted by molar-refractivity contribution is -0.0222. The lowest BCUT2D eigenvalue weighted by Crippen LogP contribution is -2.41. The molecule has 20 heavy (non-hydrogen) atoms. The van der Waals surface area contributed by atoms with Crippen LogP contribution in [-0.4, -0.2) is 32.6 Å². The van der Waals surface area contributed by atoms with Crippen molar-refractivity contribution in [1.82, 2.24) is 19.9 Å². The van der Waals surface area contributed by atoms with Gasteiger partial charge in [-0.1, -0.05) is 5.16 Å². The summed E-state index contributed by atoms with van der Waals surface area (Å²) in [6.07, 6.45) is 5.61. The number of aromatic nitrogens is 4. The van der Waals surface area contributed by atoms with Crippen LogP contribution in [0.3, 0.4) is 0 Å². The molecule has 108 valence electrons. The molecule has 2 heterocycles. The van der Waals surface area contributed by atoms with Gasteiger partial charge in [-0.15, -0.1) is 0 Å². The van der Waals surface area contributed by atoms with Crippen molar-refractivity contribution in [3.05, 3.63) is 18.1 Å². The van der Waals surface area contributed by atoms with E-state index in [0.717, 1.165) is 12.8 Å². The van der Waals surface area contributed by atoms with Crippen LogP contribution < -0.4 is 5.73 Å². The number of nitrogens with zero attached hydrogens (tertiary/aromatic N) is 4. The average Bonchev–Trinajstić information content (AvgIpc) is 2.94. The summed E-state index contributed by atoms with van der Waals surface area (Å²) in [7, 11) is 1.83. The second kappa shape index (κ2) is 4.99. The Morgan fingerprint density at radius 1 is 1.55 bits per heavy atom. The molecule has 7 nitrogen and oxygen atoms in total. The first-order valence-electron chi connectivity index (χ1n) is 6.79. The molecule has 7 heteroatoms. The van der Waals surface area contributed by atoms with Crippen molar-refractivity contribution in [3.8, 4) is 11.6 Å². The molecule has 1 saturated carbocycles. The van der Waals surface area contributed by atoms with Gasteiger partial charge in [0.05, 0.1) is 12.7 Å². The number of nitrogens with two attached hydrogens (primary N) is 1. The molecule has 0 radical (unpaired) electrons. The van der Waals surface area contributed by atoms with Gasteiger partial charge in [0.1, 0.15) is 5.54 Å². The molecule has 1 aliphatic carbocycles. The largest absolute Gasteiger partial charge is 0.376 e. The molecule has 0 aliphatic heterocycles. The lowest BCUT2D eigenvalue weighted by atomic mass is 9.95. The van der Waals surface area contributed by atoms with Crippen molar-refractivity contribution in [3.63, 3.8) is 0 Å². The second-order valence-electron chi connectivity index (χ2n) is 5.58. The summed E-state index contributed by atoms with van der Waals surface area (Å²) in [5.41, 5.74) is 6.11. The minimum atomic E-state index is -0.758. The molecule has 0 saturated heterocycles. The highest BCUT2D eigenvalue weighted by Gasteiger charge is 2.31. The summed E-state index contributed by atoms with van der Waals surface area (Å²) in [5, 5.41) is 8.18. The molecule has 3 rings (SSSR count). The fourth-order valence-electron chi connectivity index (χ4n) is 1.98. The summed E-state index contributed by atoms with van der Waals surface area (Å²) in [6, 6.07) is 1.82. The molecule has 2 aromatic rings. The summed E-state index contributed by atoms with van der Waals surface area (Å²) >= 11 is 0. The van der Waals surface area contributed by atoms with E-state index in [9.17, 15) is 0 Å². The maximum absolute atomic E-state index is 6.23. The average molecular weight is 277 g/mol. The van der Waals surface area contributed by atoms with Gasteiger partial charge >= 0.3 is 0 Å². The first-order valence-corrected chi connectivity index (χ1v) is 6.79. The Morgan fingerprint density at radius 2 is 2.35 bits per heavy atom. The minimum Gasteiger partial charge on any atom is -0.376 e. The van der Waals surface area contributed by atoms with Gasteiger partial charge in [0.2, 0.25) is 0 Å². The highest BCUT2D eigenvalue weighted by atomic mass is 16.5. The Bertz CT molecular complexity index is 585. The minimum absolute atomic E-state index is 0.333. The van der Waals surface area contributed by atoms with E-state index in [-0.39, 0.29) is 0 Å². The van der Waals surface area contributed by atoms with Gasteiger partial charge in [-0.25, -0.2) is 0 Å². The second-order valence-corrected chi connectivity index (χ2v) is 5.58. The lowest BCUT2D eigenvalue weighted by Gasteiger charge is -2.29. The number of rotatable bonds is 5. The third-order valence-electron chi connectivity index (χ3n) is 3.54. The third kappa shape index (κ3) is 2.59. The zero-order chi connectivity index (χ0) is 14.2. The van der Waals surface area contributed by atoms with E-state index in [1.165, 1.54) is 6.42 Å². The number of hydrogen-bond donors (Lipinski definition) is 1. The Labute approximate surface area is 117 Å². The van der Waals surface area contributed by atoms with Crippen molar-refractivity contribution in [2.24, 2.45) is 12.8 Å². The van der Waals surface area contributed by atoms with Crippen LogP contribution in [0.1, 0.15) is 32.0 Å². The topological polar surface area (TPSA) is 92.0 Å². The van der Waals surface area contributed by atoms with Crippen LogP contribution >= 0.6 is 0 Å². The number of hydrogen-bond acceptors (Lipinski definition) is 6. The molecule has 1 atom stereocenters. The number of aryl methyl sites for hydroxylation is 1. The molecule has 0 aromatic carbocycles. The first kappa shape index (κ1) is 13.3. The predicted octanol–water partition coefficient (Wildman–Crippen LogP) is 1.21. The van der Waals surface area contributed by atoms with Crippen LogP contribution in [0.25, 0.3) is 11.6 Å². The zero-order valence-corrected chi connectivity index (χ0v) is 11.7. The normalized spacial score (nSPS) is 18.8. The molecule has 1 fully saturated rings. The van der Waals surface area contributed by atoms with Crippen LogP contribution in [-0.2, 0) is 17.3 Å². The standard InChI is InChI=1S/C13H19N5O2/c1-13(14,8-19-9-4-3-5-9)12-15-11(20-17-12)10-6-7-18(2)16-10/h6-7,9H,3-5,8,14H2,1-2H3. The van der Waals surface area contributed by atoms with Gasteiger partial charge in [0.15, 0.2) is 11.5 Å². The van der Waals surface area contributed by atoms with Crippen LogP contribution in [0.15, 0.2) is 16.8 Å². The maximum Gasteiger partial charge on any atom is 0.278 e. The summed E-state index contributed by atoms with van der Waals surface area (Å²) in [6.45, 7) is 2.23. The van der Waals surface area contributed by atoms with Gasteiger partial charge in [0, 0.05) is 13.2 Å². The van der Waals surface area contributed by atoms with Crippen molar-refractivity contribution in [1.29, 1.82) is 0 Å². The van der Waals surface area contributed by atoms with Crippen LogP contribution in [0, 0.1) is 0 Å². The predicted molar refractivity (Wildman–Crippen MR) is 71.6 cm³/mol. The molecule has 1 unspecified atom stereocenters. The number of ether oxygens (including phenoxy) is 1. The SMILES string of the molecule is Cn1ccc(-c2nc(C(C)(N)COC3CCC3)no2)n1. The van der Waals surface area contributed by atoms with E-state index in [4.69, 9.17) is 15.0 Å². The molecular formula is C13H19N5O2. The summed E-state index contributed by atoms with van der Waals surface area (Å²) in [4.78, 5) is 4.33. The van der Waals surface area contributed by atoms with E-state index in [0.29, 0.717) is 30.1 Å². The monoisotopic (exact) mass is 277 g/mol. The molecule has 2 N–H and O–H groups in total.